The summed E-state index contributed by atoms with van der Waals surface area (Å²) in [7, 11) is 0. The SMILES string of the molecule is Cc1ccc(C2=C(C#N)C(O)(c3ccccc3)N=C(SCc3cccc(F)c3F)N2)cc1. The van der Waals surface area contributed by atoms with E-state index in [9.17, 15) is 19.1 Å². The maximum absolute atomic E-state index is 14.1. The van der Waals surface area contributed by atoms with Crippen LogP contribution in [0.4, 0.5) is 8.78 Å². The lowest BCUT2D eigenvalue weighted by atomic mass is 9.91. The summed E-state index contributed by atoms with van der Waals surface area (Å²) in [5.41, 5.74) is 0.889. The quantitative estimate of drug-likeness (QED) is 0.574. The van der Waals surface area contributed by atoms with Crippen LogP contribution < -0.4 is 5.32 Å². The number of halogens is 2. The molecule has 0 radical (unpaired) electrons. The second kappa shape index (κ2) is 8.95. The first-order chi connectivity index (χ1) is 15.4. The van der Waals surface area contributed by atoms with Crippen molar-refractivity contribution >= 4 is 22.6 Å². The van der Waals surface area contributed by atoms with E-state index in [0.29, 0.717) is 16.8 Å². The monoisotopic (exact) mass is 447 g/mol. The van der Waals surface area contributed by atoms with Gasteiger partial charge in [-0.25, -0.2) is 13.8 Å². The van der Waals surface area contributed by atoms with E-state index in [4.69, 9.17) is 0 Å². The third-order valence-corrected chi connectivity index (χ3v) is 6.04. The van der Waals surface area contributed by atoms with Gasteiger partial charge in [-0.2, -0.15) is 5.26 Å². The van der Waals surface area contributed by atoms with Gasteiger partial charge in [-0.3, -0.25) is 0 Å². The van der Waals surface area contributed by atoms with Crippen LogP contribution in [0.1, 0.15) is 22.3 Å². The molecule has 0 fully saturated rings. The van der Waals surface area contributed by atoms with Crippen molar-refractivity contribution in [1.29, 1.82) is 5.26 Å². The second-order valence-electron chi connectivity index (χ2n) is 7.31. The molecule has 2 N–H and O–H groups in total. The average Bonchev–Trinajstić information content (AvgIpc) is 2.81. The van der Waals surface area contributed by atoms with Crippen LogP contribution in [0.15, 0.2) is 83.4 Å². The summed E-state index contributed by atoms with van der Waals surface area (Å²) in [6, 6.07) is 22.3. The van der Waals surface area contributed by atoms with Crippen LogP contribution in [0.25, 0.3) is 5.70 Å². The number of nitrogens with zero attached hydrogens (tertiary/aromatic N) is 2. The van der Waals surface area contributed by atoms with E-state index in [0.717, 1.165) is 23.4 Å². The van der Waals surface area contributed by atoms with Crippen molar-refractivity contribution in [2.24, 2.45) is 4.99 Å². The molecule has 7 heteroatoms. The van der Waals surface area contributed by atoms with Gasteiger partial charge in [-0.15, -0.1) is 0 Å². The van der Waals surface area contributed by atoms with Gasteiger partial charge in [0.25, 0.3) is 0 Å². The zero-order chi connectivity index (χ0) is 22.7. The minimum atomic E-state index is -1.93. The van der Waals surface area contributed by atoms with Crippen molar-refractivity contribution in [3.63, 3.8) is 0 Å². The molecule has 3 aromatic carbocycles. The fourth-order valence-electron chi connectivity index (χ4n) is 3.40. The van der Waals surface area contributed by atoms with E-state index in [-0.39, 0.29) is 22.1 Å². The summed E-state index contributed by atoms with van der Waals surface area (Å²) >= 11 is 1.11. The molecule has 4 nitrogen and oxygen atoms in total. The molecule has 0 bridgehead atoms. The topological polar surface area (TPSA) is 68.4 Å². The molecule has 0 saturated heterocycles. The summed E-state index contributed by atoms with van der Waals surface area (Å²) in [5.74, 6) is -1.75. The molecule has 0 saturated carbocycles. The van der Waals surface area contributed by atoms with Crippen LogP contribution in [0, 0.1) is 29.9 Å². The number of benzene rings is 3. The van der Waals surface area contributed by atoms with E-state index in [1.807, 2.05) is 31.2 Å². The first-order valence-corrected chi connectivity index (χ1v) is 10.8. The van der Waals surface area contributed by atoms with Crippen molar-refractivity contribution in [2.45, 2.75) is 18.4 Å². The molecule has 3 aromatic rings. The van der Waals surface area contributed by atoms with Crippen molar-refractivity contribution in [3.8, 4) is 6.07 Å². The normalized spacial score (nSPS) is 18.0. The Balaban J connectivity index is 1.77. The molecule has 1 aliphatic heterocycles. The lowest BCUT2D eigenvalue weighted by Crippen LogP contribution is -2.37. The number of rotatable bonds is 4. The lowest BCUT2D eigenvalue weighted by molar-refractivity contribution is 0.0905. The Morgan fingerprint density at radius 3 is 2.44 bits per heavy atom. The largest absolute Gasteiger partial charge is 0.361 e. The molecule has 0 amide bonds. The Bertz CT molecular complexity index is 1250. The van der Waals surface area contributed by atoms with Crippen LogP contribution in [0.3, 0.4) is 0 Å². The van der Waals surface area contributed by atoms with E-state index in [1.165, 1.54) is 12.1 Å². The molecule has 32 heavy (non-hydrogen) atoms. The first kappa shape index (κ1) is 21.8. The summed E-state index contributed by atoms with van der Waals surface area (Å²) in [4.78, 5) is 4.42. The first-order valence-electron chi connectivity index (χ1n) is 9.84. The van der Waals surface area contributed by atoms with Crippen LogP contribution in [-0.2, 0) is 11.5 Å². The molecular formula is C25H19F2N3OS. The number of hydrogen-bond acceptors (Lipinski definition) is 5. The van der Waals surface area contributed by atoms with Gasteiger partial charge in [0.15, 0.2) is 16.8 Å². The van der Waals surface area contributed by atoms with Gasteiger partial charge in [-0.1, -0.05) is 84.1 Å². The maximum Gasteiger partial charge on any atom is 0.223 e. The van der Waals surface area contributed by atoms with Crippen molar-refractivity contribution in [2.75, 3.05) is 0 Å². The van der Waals surface area contributed by atoms with Crippen molar-refractivity contribution in [3.05, 3.63) is 112 Å². The van der Waals surface area contributed by atoms with Crippen molar-refractivity contribution in [1.82, 2.24) is 5.32 Å². The fraction of sp³-hybridized carbons (Fsp3) is 0.120. The Labute approximate surface area is 188 Å². The summed E-state index contributed by atoms with van der Waals surface area (Å²) < 4.78 is 27.7. The number of hydrogen-bond donors (Lipinski definition) is 2. The zero-order valence-corrected chi connectivity index (χ0v) is 18.0. The number of nitriles is 1. The summed E-state index contributed by atoms with van der Waals surface area (Å²) in [6.45, 7) is 1.95. The maximum atomic E-state index is 14.1. The van der Waals surface area contributed by atoms with Gasteiger partial charge in [0.2, 0.25) is 5.72 Å². The highest BCUT2D eigenvalue weighted by Crippen LogP contribution is 2.39. The highest BCUT2D eigenvalue weighted by atomic mass is 32.2. The second-order valence-corrected chi connectivity index (χ2v) is 8.27. The van der Waals surface area contributed by atoms with Gasteiger partial charge in [0, 0.05) is 16.9 Å². The molecule has 0 aromatic heterocycles. The Morgan fingerprint density at radius 1 is 1.03 bits per heavy atom. The summed E-state index contributed by atoms with van der Waals surface area (Å²) in [6.07, 6.45) is 0. The van der Waals surface area contributed by atoms with Gasteiger partial charge in [0.05, 0.1) is 5.70 Å². The number of aliphatic imine (C=N–C) groups is 1. The molecule has 0 aliphatic carbocycles. The minimum absolute atomic E-state index is 0.0499. The highest BCUT2D eigenvalue weighted by molar-refractivity contribution is 8.13. The van der Waals surface area contributed by atoms with Crippen LogP contribution in [0.5, 0.6) is 0 Å². The third-order valence-electron chi connectivity index (χ3n) is 5.12. The van der Waals surface area contributed by atoms with E-state index >= 15 is 0 Å². The van der Waals surface area contributed by atoms with Gasteiger partial charge >= 0.3 is 0 Å². The van der Waals surface area contributed by atoms with Crippen LogP contribution in [-0.4, -0.2) is 10.3 Å². The Hall–Kier alpha value is -3.47. The number of amidine groups is 1. The molecule has 4 rings (SSSR count). The lowest BCUT2D eigenvalue weighted by Gasteiger charge is -2.32. The smallest absolute Gasteiger partial charge is 0.223 e. The molecule has 1 atom stereocenters. The fourth-order valence-corrected chi connectivity index (χ4v) is 4.29. The standard InChI is InChI=1S/C25H19F2N3OS/c1-16-10-12-17(13-11-16)23-20(14-28)25(31,19-7-3-2-4-8-19)30-24(29-23)32-15-18-6-5-9-21(26)22(18)27/h2-13,31H,15H2,1H3,(H,29,30). The van der Waals surface area contributed by atoms with Crippen molar-refractivity contribution < 1.29 is 13.9 Å². The molecule has 1 unspecified atom stereocenters. The molecular weight excluding hydrogens is 428 g/mol. The molecule has 0 spiro atoms. The van der Waals surface area contributed by atoms with Crippen LogP contribution in [0.2, 0.25) is 0 Å². The molecule has 1 heterocycles. The number of aryl methyl sites for hydroxylation is 1. The van der Waals surface area contributed by atoms with Gasteiger partial charge < -0.3 is 10.4 Å². The molecule has 1 aliphatic rings. The van der Waals surface area contributed by atoms with Crippen LogP contribution >= 0.6 is 11.8 Å². The minimum Gasteiger partial charge on any atom is -0.361 e. The zero-order valence-electron chi connectivity index (χ0n) is 17.1. The van der Waals surface area contributed by atoms with Gasteiger partial charge in [-0.05, 0) is 18.6 Å². The van der Waals surface area contributed by atoms with E-state index < -0.39 is 17.4 Å². The average molecular weight is 448 g/mol. The van der Waals surface area contributed by atoms with E-state index in [2.05, 4.69) is 16.4 Å². The van der Waals surface area contributed by atoms with E-state index in [1.54, 1.807) is 30.3 Å². The predicted molar refractivity (Wildman–Crippen MR) is 122 cm³/mol. The Morgan fingerprint density at radius 2 is 1.75 bits per heavy atom. The van der Waals surface area contributed by atoms with Gasteiger partial charge in [0.1, 0.15) is 11.6 Å². The highest BCUT2D eigenvalue weighted by Gasteiger charge is 2.40. The molecule has 160 valence electrons. The number of aliphatic hydroxyl groups is 1. The third kappa shape index (κ3) is 4.15. The predicted octanol–water partition coefficient (Wildman–Crippen LogP) is 5.25. The Kier molecular flexibility index (Phi) is 6.08. The summed E-state index contributed by atoms with van der Waals surface area (Å²) in [5, 5.41) is 25.0. The number of thioether (sulfide) groups is 1. The number of nitrogens with one attached hydrogen (secondary N) is 1.